The SMILES string of the molecule is C/C=C\c1csc(C)n1.C[C@H]1CCC/C=C\CCOC(=O)C[C@H](O)C(C)(C)C(=O)[C@H](C)C1. The van der Waals surface area contributed by atoms with Crippen LogP contribution in [0.25, 0.3) is 6.08 Å². The van der Waals surface area contributed by atoms with Crippen LogP contribution in [-0.2, 0) is 14.3 Å². The topological polar surface area (TPSA) is 76.5 Å². The van der Waals surface area contributed by atoms with Gasteiger partial charge in [0.25, 0.3) is 0 Å². The molecule has 0 aromatic carbocycles. The molecule has 1 aromatic rings. The Morgan fingerprint density at radius 2 is 1.91 bits per heavy atom. The Kier molecular flexibility index (Phi) is 12.7. The van der Waals surface area contributed by atoms with Crippen LogP contribution >= 0.6 is 11.3 Å². The van der Waals surface area contributed by atoms with E-state index in [1.807, 2.05) is 39.0 Å². The molecule has 32 heavy (non-hydrogen) atoms. The molecule has 2 heterocycles. The number of carbonyl (C=O) groups excluding carboxylic acids is 2. The second-order valence-electron chi connectivity index (χ2n) is 9.25. The molecule has 0 saturated heterocycles. The Bertz CT molecular complexity index is 766. The van der Waals surface area contributed by atoms with E-state index in [4.69, 9.17) is 4.74 Å². The first-order chi connectivity index (χ1) is 15.1. The smallest absolute Gasteiger partial charge is 0.308 e. The monoisotopic (exact) mass is 463 g/mol. The van der Waals surface area contributed by atoms with Gasteiger partial charge in [0.1, 0.15) is 5.78 Å². The van der Waals surface area contributed by atoms with Gasteiger partial charge >= 0.3 is 5.97 Å². The van der Waals surface area contributed by atoms with Crippen molar-refractivity contribution in [3.8, 4) is 0 Å². The zero-order valence-electron chi connectivity index (χ0n) is 20.6. The third-order valence-corrected chi connectivity index (χ3v) is 6.58. The molecular formula is C26H41NO4S. The third-order valence-electron chi connectivity index (χ3n) is 5.79. The number of cyclic esters (lactones) is 1. The van der Waals surface area contributed by atoms with E-state index in [0.29, 0.717) is 18.9 Å². The van der Waals surface area contributed by atoms with E-state index in [2.05, 4.69) is 23.4 Å². The van der Waals surface area contributed by atoms with Gasteiger partial charge in [-0.15, -0.1) is 11.3 Å². The number of rotatable bonds is 1. The average molecular weight is 464 g/mol. The van der Waals surface area contributed by atoms with Gasteiger partial charge in [-0.3, -0.25) is 9.59 Å². The lowest BCUT2D eigenvalue weighted by Gasteiger charge is -2.32. The molecule has 0 fully saturated rings. The lowest BCUT2D eigenvalue weighted by molar-refractivity contribution is -0.150. The Morgan fingerprint density at radius 1 is 1.22 bits per heavy atom. The van der Waals surface area contributed by atoms with Gasteiger partial charge in [-0.25, -0.2) is 4.98 Å². The number of aliphatic hydroxyl groups excluding tert-OH is 1. The quantitative estimate of drug-likeness (QED) is 0.399. The number of thiazole rings is 1. The highest BCUT2D eigenvalue weighted by atomic mass is 32.1. The Hall–Kier alpha value is -1.79. The molecule has 0 radical (unpaired) electrons. The molecule has 6 heteroatoms. The van der Waals surface area contributed by atoms with Crippen LogP contribution in [0.5, 0.6) is 0 Å². The van der Waals surface area contributed by atoms with Crippen molar-refractivity contribution in [2.24, 2.45) is 17.3 Å². The Morgan fingerprint density at radius 3 is 2.53 bits per heavy atom. The maximum atomic E-state index is 12.7. The minimum atomic E-state index is -1.01. The lowest BCUT2D eigenvalue weighted by Crippen LogP contribution is -2.42. The third kappa shape index (κ3) is 10.2. The van der Waals surface area contributed by atoms with Crippen molar-refractivity contribution in [2.75, 3.05) is 6.61 Å². The summed E-state index contributed by atoms with van der Waals surface area (Å²) in [4.78, 5) is 28.7. The fraction of sp³-hybridized carbons (Fsp3) is 0.654. The molecule has 180 valence electrons. The summed E-state index contributed by atoms with van der Waals surface area (Å²) in [6, 6.07) is 0. The summed E-state index contributed by atoms with van der Waals surface area (Å²) >= 11 is 1.68. The lowest BCUT2D eigenvalue weighted by atomic mass is 9.74. The number of carbonyl (C=O) groups is 2. The predicted octanol–water partition coefficient (Wildman–Crippen LogP) is 6.15. The molecule has 3 atom stereocenters. The summed E-state index contributed by atoms with van der Waals surface area (Å²) in [6.45, 7) is 11.9. The molecule has 2 rings (SSSR count). The highest BCUT2D eigenvalue weighted by molar-refractivity contribution is 7.09. The molecule has 0 aliphatic carbocycles. The van der Waals surface area contributed by atoms with E-state index in [1.165, 1.54) is 0 Å². The predicted molar refractivity (Wildman–Crippen MR) is 132 cm³/mol. The fourth-order valence-electron chi connectivity index (χ4n) is 3.79. The Balaban J connectivity index is 0.000000471. The molecule has 0 bridgehead atoms. The molecule has 1 aliphatic rings. The number of Topliss-reactive ketones (excluding diaryl/α,β-unsaturated/α-hetero) is 1. The van der Waals surface area contributed by atoms with Crippen molar-refractivity contribution in [1.82, 2.24) is 4.98 Å². The van der Waals surface area contributed by atoms with Crippen molar-refractivity contribution in [2.45, 2.75) is 86.2 Å². The minimum absolute atomic E-state index is 0.0247. The first-order valence-electron chi connectivity index (χ1n) is 11.7. The van der Waals surface area contributed by atoms with E-state index in [1.54, 1.807) is 25.2 Å². The van der Waals surface area contributed by atoms with Gasteiger partial charge in [-0.2, -0.15) is 0 Å². The molecule has 0 saturated carbocycles. The van der Waals surface area contributed by atoms with E-state index >= 15 is 0 Å². The van der Waals surface area contributed by atoms with E-state index in [-0.39, 0.29) is 18.1 Å². The van der Waals surface area contributed by atoms with Crippen LogP contribution in [0, 0.1) is 24.2 Å². The molecular weight excluding hydrogens is 422 g/mol. The van der Waals surface area contributed by atoms with Gasteiger partial charge in [0.05, 0.1) is 35.2 Å². The standard InChI is InChI=1S/C19H32O4.C7H9NS/c1-14-10-8-6-5-7-9-11-23-17(21)13-16(20)19(3,4)18(22)15(2)12-14;1-3-4-7-5-9-6(2)8-7/h5,7,14-16,20H,6,8-13H2,1-4H3;3-5H,1-2H3/b7-5-;4-3-/t14-,15+,16-;/m0./s1. The normalized spacial score (nSPS) is 26.8. The summed E-state index contributed by atoms with van der Waals surface area (Å²) in [5.74, 6) is -0.0567. The van der Waals surface area contributed by atoms with Crippen LogP contribution in [0.3, 0.4) is 0 Å². The number of hydrogen-bond acceptors (Lipinski definition) is 6. The first kappa shape index (κ1) is 28.2. The van der Waals surface area contributed by atoms with Crippen molar-refractivity contribution < 1.29 is 19.4 Å². The number of hydrogen-bond donors (Lipinski definition) is 1. The summed E-state index contributed by atoms with van der Waals surface area (Å²) in [5, 5.41) is 13.5. The van der Waals surface area contributed by atoms with Gasteiger partial charge in [0.2, 0.25) is 0 Å². The van der Waals surface area contributed by atoms with E-state index in [9.17, 15) is 14.7 Å². The van der Waals surface area contributed by atoms with Crippen molar-refractivity contribution >= 4 is 29.2 Å². The average Bonchev–Trinajstić information content (AvgIpc) is 3.14. The molecule has 0 unspecified atom stereocenters. The van der Waals surface area contributed by atoms with Crippen molar-refractivity contribution in [3.05, 3.63) is 34.3 Å². The maximum absolute atomic E-state index is 12.7. The van der Waals surface area contributed by atoms with E-state index in [0.717, 1.165) is 36.4 Å². The number of esters is 1. The number of aromatic nitrogens is 1. The number of ketones is 1. The second kappa shape index (κ2) is 14.4. The zero-order chi connectivity index (χ0) is 24.1. The molecule has 1 N–H and O–H groups in total. The number of aliphatic hydroxyl groups is 1. The van der Waals surface area contributed by atoms with Crippen molar-refractivity contribution in [3.63, 3.8) is 0 Å². The van der Waals surface area contributed by atoms with E-state index < -0.39 is 17.5 Å². The van der Waals surface area contributed by atoms with Gasteiger partial charge in [-0.1, -0.05) is 52.3 Å². The largest absolute Gasteiger partial charge is 0.465 e. The molecule has 1 aliphatic heterocycles. The summed E-state index contributed by atoms with van der Waals surface area (Å²) in [5.41, 5.74) is 0.134. The second-order valence-corrected chi connectivity index (χ2v) is 10.3. The first-order valence-corrected chi connectivity index (χ1v) is 12.5. The van der Waals surface area contributed by atoms with Crippen molar-refractivity contribution in [1.29, 1.82) is 0 Å². The van der Waals surface area contributed by atoms with Crippen LogP contribution < -0.4 is 0 Å². The molecule has 5 nitrogen and oxygen atoms in total. The summed E-state index contributed by atoms with van der Waals surface area (Å²) in [6.07, 6.45) is 11.7. The van der Waals surface area contributed by atoms with Crippen LogP contribution in [0.15, 0.2) is 23.6 Å². The number of ether oxygens (including phenoxy) is 1. The van der Waals surface area contributed by atoms with Crippen LogP contribution in [0.2, 0.25) is 0 Å². The molecule has 1 aromatic heterocycles. The Labute approximate surface area is 198 Å². The van der Waals surface area contributed by atoms with Crippen LogP contribution in [-0.4, -0.2) is 34.6 Å². The number of aryl methyl sites for hydroxylation is 1. The van der Waals surface area contributed by atoms with Gasteiger partial charge < -0.3 is 9.84 Å². The number of nitrogens with zero attached hydrogens (tertiary/aromatic N) is 1. The molecule has 0 amide bonds. The summed E-state index contributed by atoms with van der Waals surface area (Å²) < 4.78 is 5.12. The van der Waals surface area contributed by atoms with Gasteiger partial charge in [-0.05, 0) is 51.5 Å². The minimum Gasteiger partial charge on any atom is -0.465 e. The number of allylic oxidation sites excluding steroid dienone is 2. The highest BCUT2D eigenvalue weighted by Crippen LogP contribution is 2.31. The maximum Gasteiger partial charge on any atom is 0.308 e. The molecule has 0 spiro atoms. The highest BCUT2D eigenvalue weighted by Gasteiger charge is 2.39. The van der Waals surface area contributed by atoms with Gasteiger partial charge in [0.15, 0.2) is 0 Å². The fourth-order valence-corrected chi connectivity index (χ4v) is 4.37. The van der Waals surface area contributed by atoms with Gasteiger partial charge in [0, 0.05) is 11.3 Å². The zero-order valence-corrected chi connectivity index (χ0v) is 21.4. The van der Waals surface area contributed by atoms with Crippen LogP contribution in [0.1, 0.15) is 83.8 Å². The summed E-state index contributed by atoms with van der Waals surface area (Å²) in [7, 11) is 0. The van der Waals surface area contributed by atoms with Crippen LogP contribution in [0.4, 0.5) is 0 Å².